The predicted octanol–water partition coefficient (Wildman–Crippen LogP) is -3.19. The first-order valence-corrected chi connectivity index (χ1v) is 6.40. The molecule has 0 aliphatic heterocycles. The van der Waals surface area contributed by atoms with Gasteiger partial charge < -0.3 is 21.7 Å². The maximum absolute atomic E-state index is 11.4. The summed E-state index contributed by atoms with van der Waals surface area (Å²) in [5, 5.41) is 7.42. The molecule has 0 saturated carbocycles. The van der Waals surface area contributed by atoms with Gasteiger partial charge in [-0.2, -0.15) is 0 Å². The van der Waals surface area contributed by atoms with Gasteiger partial charge in [-0.1, -0.05) is 0 Å². The van der Waals surface area contributed by atoms with Crippen molar-refractivity contribution in [3.63, 3.8) is 0 Å². The van der Waals surface area contributed by atoms with Crippen molar-refractivity contribution in [1.29, 1.82) is 0 Å². The summed E-state index contributed by atoms with van der Waals surface area (Å²) in [6, 6.07) is -0.770. The van der Waals surface area contributed by atoms with Crippen LogP contribution in [0.25, 0.3) is 0 Å². The van der Waals surface area contributed by atoms with Gasteiger partial charge in [-0.25, -0.2) is 0 Å². The molecule has 4 amide bonds. The Morgan fingerprint density at radius 3 is 2.10 bits per heavy atom. The lowest BCUT2D eigenvalue weighted by Gasteiger charge is -2.15. The lowest BCUT2D eigenvalue weighted by molar-refractivity contribution is -0.126. The summed E-state index contributed by atoms with van der Waals surface area (Å²) >= 11 is 0. The molecule has 0 aliphatic rings. The van der Waals surface area contributed by atoms with E-state index in [0.717, 1.165) is 0 Å². The Morgan fingerprint density at radius 1 is 1.00 bits per heavy atom. The highest BCUT2D eigenvalue weighted by atomic mass is 16.2. The normalized spacial score (nSPS) is 11.2. The minimum Gasteiger partial charge on any atom is -0.368 e. The average molecular weight is 282 g/mol. The van der Waals surface area contributed by atoms with Crippen LogP contribution >= 0.6 is 0 Å². The highest BCUT2D eigenvalue weighted by molar-refractivity contribution is 6.57. The second kappa shape index (κ2) is 9.88. The molecule has 0 aromatic carbocycles. The van der Waals surface area contributed by atoms with Crippen LogP contribution in [-0.2, 0) is 9.59 Å². The minimum atomic E-state index is -0.770. The molecule has 0 saturated heterocycles. The average Bonchev–Trinajstić information content (AvgIpc) is 2.33. The van der Waals surface area contributed by atoms with Crippen LogP contribution < -0.4 is 21.7 Å². The Labute approximate surface area is 119 Å². The fourth-order valence-electron chi connectivity index (χ4n) is 1.47. The quantitative estimate of drug-likeness (QED) is 0.262. The maximum Gasteiger partial charge on any atom is 0.240 e. The van der Waals surface area contributed by atoms with Crippen LogP contribution in [0.4, 0.5) is 9.59 Å². The number of carbonyl (C=O) groups excluding carboxylic acids is 4. The van der Waals surface area contributed by atoms with Crippen molar-refractivity contribution in [1.82, 2.24) is 16.0 Å². The number of nitrogens with two attached hydrogens (primary N) is 1. The summed E-state index contributed by atoms with van der Waals surface area (Å²) in [5.41, 5.74) is 5.19. The standard InChI is InChI=1S/C10H20B2N4O4/c11-9(19)14-4-2-1-3-6(8(13)18)16-7(17)5-15-10(12)20/h6H,1-5,11-12H2,(H2,13,18)(H,14,19)(H,15,20)(H,16,17). The summed E-state index contributed by atoms with van der Waals surface area (Å²) in [6.07, 6.45) is 1.71. The van der Waals surface area contributed by atoms with Gasteiger partial charge in [0.1, 0.15) is 6.04 Å². The Morgan fingerprint density at radius 2 is 1.60 bits per heavy atom. The number of hydrogen-bond acceptors (Lipinski definition) is 4. The van der Waals surface area contributed by atoms with E-state index in [0.29, 0.717) is 25.8 Å². The molecular weight excluding hydrogens is 262 g/mol. The SMILES string of the molecule is BC(=O)NCCCCC(NC(=O)CNC(B)=O)C(N)=O. The number of hydrogen-bond donors (Lipinski definition) is 4. The van der Waals surface area contributed by atoms with Crippen molar-refractivity contribution in [2.24, 2.45) is 5.73 Å². The van der Waals surface area contributed by atoms with Crippen LogP contribution in [0.1, 0.15) is 19.3 Å². The lowest BCUT2D eigenvalue weighted by atomic mass is 10.1. The molecule has 0 fully saturated rings. The first-order chi connectivity index (χ1) is 9.32. The van der Waals surface area contributed by atoms with E-state index >= 15 is 0 Å². The van der Waals surface area contributed by atoms with Gasteiger partial charge >= 0.3 is 0 Å². The second-order valence-electron chi connectivity index (χ2n) is 4.41. The number of amides is 4. The summed E-state index contributed by atoms with van der Waals surface area (Å²) in [5.74, 6) is -1.53. The minimum absolute atomic E-state index is 0.111. The van der Waals surface area contributed by atoms with Gasteiger partial charge in [0, 0.05) is 6.54 Å². The monoisotopic (exact) mass is 282 g/mol. The largest absolute Gasteiger partial charge is 0.368 e. The number of carbonyl (C=O) groups is 4. The van der Waals surface area contributed by atoms with Crippen molar-refractivity contribution in [3.8, 4) is 0 Å². The first kappa shape index (κ1) is 18.0. The fourth-order valence-corrected chi connectivity index (χ4v) is 1.47. The summed E-state index contributed by atoms with van der Waals surface area (Å²) in [4.78, 5) is 43.9. The third-order valence-corrected chi connectivity index (χ3v) is 2.47. The molecule has 1 atom stereocenters. The van der Waals surface area contributed by atoms with Crippen molar-refractivity contribution in [2.75, 3.05) is 13.1 Å². The Hall–Kier alpha value is -1.99. The van der Waals surface area contributed by atoms with Gasteiger partial charge in [-0.05, 0) is 19.3 Å². The highest BCUT2D eigenvalue weighted by Crippen LogP contribution is 2.00. The molecule has 0 spiro atoms. The Bertz CT molecular complexity index is 378. The highest BCUT2D eigenvalue weighted by Gasteiger charge is 2.17. The zero-order chi connectivity index (χ0) is 15.5. The molecule has 20 heavy (non-hydrogen) atoms. The van der Waals surface area contributed by atoms with Gasteiger partial charge in [0.25, 0.3) is 0 Å². The van der Waals surface area contributed by atoms with Crippen molar-refractivity contribution >= 4 is 39.1 Å². The van der Waals surface area contributed by atoms with E-state index in [4.69, 9.17) is 5.73 Å². The summed E-state index contributed by atoms with van der Waals surface area (Å²) < 4.78 is 0. The third kappa shape index (κ3) is 9.98. The van der Waals surface area contributed by atoms with Crippen molar-refractivity contribution in [2.45, 2.75) is 25.3 Å². The van der Waals surface area contributed by atoms with E-state index in [1.54, 1.807) is 0 Å². The van der Waals surface area contributed by atoms with E-state index in [9.17, 15) is 19.2 Å². The van der Waals surface area contributed by atoms with Crippen molar-refractivity contribution in [3.05, 3.63) is 0 Å². The fraction of sp³-hybridized carbons (Fsp3) is 0.600. The van der Waals surface area contributed by atoms with Gasteiger partial charge in [0.05, 0.1) is 6.54 Å². The first-order valence-electron chi connectivity index (χ1n) is 6.40. The second-order valence-corrected chi connectivity index (χ2v) is 4.41. The van der Waals surface area contributed by atoms with E-state index < -0.39 is 17.9 Å². The van der Waals surface area contributed by atoms with Crippen molar-refractivity contribution < 1.29 is 19.2 Å². The van der Waals surface area contributed by atoms with E-state index in [2.05, 4.69) is 16.0 Å². The molecule has 0 aliphatic carbocycles. The van der Waals surface area contributed by atoms with Crippen LogP contribution in [0.2, 0.25) is 0 Å². The summed E-state index contributed by atoms with van der Waals surface area (Å²) in [7, 11) is 2.72. The number of primary amides is 1. The smallest absolute Gasteiger partial charge is 0.240 e. The molecular formula is C10H20B2N4O4. The molecule has 1 unspecified atom stereocenters. The van der Waals surface area contributed by atoms with Crippen LogP contribution in [0, 0.1) is 0 Å². The Kier molecular flexibility index (Phi) is 8.89. The van der Waals surface area contributed by atoms with E-state index in [1.807, 2.05) is 0 Å². The molecule has 5 N–H and O–H groups in total. The molecule has 10 heteroatoms. The van der Waals surface area contributed by atoms with Gasteiger partial charge in [-0.15, -0.1) is 0 Å². The zero-order valence-electron chi connectivity index (χ0n) is 11.8. The molecule has 0 bridgehead atoms. The van der Waals surface area contributed by atoms with Crippen LogP contribution in [0.5, 0.6) is 0 Å². The molecule has 0 aromatic heterocycles. The third-order valence-electron chi connectivity index (χ3n) is 2.47. The van der Waals surface area contributed by atoms with E-state index in [1.165, 1.54) is 15.7 Å². The molecule has 8 nitrogen and oxygen atoms in total. The molecule has 0 heterocycles. The zero-order valence-corrected chi connectivity index (χ0v) is 11.8. The lowest BCUT2D eigenvalue weighted by Crippen LogP contribution is -2.47. The Balaban J connectivity index is 3.98. The predicted molar refractivity (Wildman–Crippen MR) is 78.9 cm³/mol. The molecule has 0 rings (SSSR count). The van der Waals surface area contributed by atoms with Gasteiger partial charge in [-0.3, -0.25) is 19.2 Å². The topological polar surface area (TPSA) is 130 Å². The van der Waals surface area contributed by atoms with E-state index in [-0.39, 0.29) is 18.2 Å². The van der Waals surface area contributed by atoms with Gasteiger partial charge in [0.15, 0.2) is 11.6 Å². The molecule has 110 valence electrons. The number of rotatable bonds is 9. The summed E-state index contributed by atoms with van der Waals surface area (Å²) in [6.45, 7) is 0.325. The number of unbranched alkanes of at least 4 members (excludes halogenated alkanes) is 1. The number of nitrogens with one attached hydrogen (secondary N) is 3. The molecule has 0 aromatic rings. The maximum atomic E-state index is 11.4. The van der Waals surface area contributed by atoms with Crippen LogP contribution in [0.3, 0.4) is 0 Å². The van der Waals surface area contributed by atoms with Crippen LogP contribution in [0.15, 0.2) is 0 Å². The van der Waals surface area contributed by atoms with Crippen LogP contribution in [-0.4, -0.2) is 58.3 Å². The molecule has 0 radical (unpaired) electrons. The van der Waals surface area contributed by atoms with Gasteiger partial charge in [0.2, 0.25) is 27.5 Å².